The van der Waals surface area contributed by atoms with Gasteiger partial charge in [-0.05, 0) is 32.0 Å². The molecule has 4 heterocycles. The van der Waals surface area contributed by atoms with Gasteiger partial charge in [-0.2, -0.15) is 0 Å². The normalized spacial score (nSPS) is 22.5. The molecule has 0 aliphatic carbocycles. The standard InChI is InChI=1S/C23H27N5O3/c1-16-3-5-18(6-4-16)21(29)27-13-14-28-19(15-27)23(31-22(28)30)8-11-26(12-9-23)20-7-10-24-17(2)25-20/h3-7,10,19H,8-9,11-15H2,1-2H3. The molecule has 8 nitrogen and oxygen atoms in total. The Morgan fingerprint density at radius 2 is 1.81 bits per heavy atom. The van der Waals surface area contributed by atoms with Crippen molar-refractivity contribution in [1.29, 1.82) is 0 Å². The van der Waals surface area contributed by atoms with Crippen LogP contribution in [0.15, 0.2) is 36.5 Å². The molecule has 3 fully saturated rings. The Balaban J connectivity index is 1.32. The lowest BCUT2D eigenvalue weighted by Gasteiger charge is -2.45. The van der Waals surface area contributed by atoms with Gasteiger partial charge >= 0.3 is 6.09 Å². The number of piperazine rings is 1. The maximum atomic E-state index is 13.1. The van der Waals surface area contributed by atoms with E-state index in [1.54, 1.807) is 6.20 Å². The highest BCUT2D eigenvalue weighted by Gasteiger charge is 2.57. The van der Waals surface area contributed by atoms with E-state index < -0.39 is 5.60 Å². The second-order valence-corrected chi connectivity index (χ2v) is 8.71. The summed E-state index contributed by atoms with van der Waals surface area (Å²) in [5.74, 6) is 1.67. The lowest BCUT2D eigenvalue weighted by atomic mass is 9.83. The third-order valence-corrected chi connectivity index (χ3v) is 6.79. The number of aryl methyl sites for hydroxylation is 2. The molecule has 1 unspecified atom stereocenters. The second kappa shape index (κ2) is 7.51. The fourth-order valence-electron chi connectivity index (χ4n) is 4.98. The first kappa shape index (κ1) is 19.8. The van der Waals surface area contributed by atoms with Gasteiger partial charge in [0.1, 0.15) is 17.2 Å². The maximum Gasteiger partial charge on any atom is 0.410 e. The van der Waals surface area contributed by atoms with Crippen molar-refractivity contribution in [2.45, 2.75) is 38.3 Å². The average Bonchev–Trinajstić information content (AvgIpc) is 3.05. The predicted molar refractivity (Wildman–Crippen MR) is 115 cm³/mol. The zero-order chi connectivity index (χ0) is 21.6. The van der Waals surface area contributed by atoms with Crippen molar-refractivity contribution in [3.8, 4) is 0 Å². The Hall–Kier alpha value is -3.16. The highest BCUT2D eigenvalue weighted by Crippen LogP contribution is 2.41. The summed E-state index contributed by atoms with van der Waals surface area (Å²) in [6, 6.07) is 9.46. The van der Waals surface area contributed by atoms with Crippen LogP contribution >= 0.6 is 0 Å². The van der Waals surface area contributed by atoms with Gasteiger partial charge in [0, 0.05) is 57.3 Å². The first-order chi connectivity index (χ1) is 14.9. The third kappa shape index (κ3) is 3.49. The quantitative estimate of drug-likeness (QED) is 0.741. The number of carbonyl (C=O) groups is 2. The number of benzene rings is 1. The summed E-state index contributed by atoms with van der Waals surface area (Å²) in [5.41, 5.74) is 1.26. The van der Waals surface area contributed by atoms with Crippen LogP contribution in [0.5, 0.6) is 0 Å². The minimum absolute atomic E-state index is 0.0167. The summed E-state index contributed by atoms with van der Waals surface area (Å²) in [7, 11) is 0. The van der Waals surface area contributed by atoms with E-state index in [4.69, 9.17) is 4.74 Å². The topological polar surface area (TPSA) is 78.9 Å². The van der Waals surface area contributed by atoms with E-state index in [9.17, 15) is 9.59 Å². The van der Waals surface area contributed by atoms with Gasteiger partial charge in [-0.3, -0.25) is 9.69 Å². The predicted octanol–water partition coefficient (Wildman–Crippen LogP) is 2.41. The molecule has 8 heteroatoms. The van der Waals surface area contributed by atoms with Gasteiger partial charge in [-0.25, -0.2) is 14.8 Å². The van der Waals surface area contributed by atoms with Gasteiger partial charge in [0.25, 0.3) is 5.91 Å². The molecule has 3 saturated heterocycles. The molecule has 1 atom stereocenters. The van der Waals surface area contributed by atoms with Crippen LogP contribution in [-0.4, -0.2) is 76.1 Å². The van der Waals surface area contributed by atoms with Crippen molar-refractivity contribution in [3.05, 3.63) is 53.5 Å². The van der Waals surface area contributed by atoms with Gasteiger partial charge in [0.05, 0.1) is 6.04 Å². The van der Waals surface area contributed by atoms with E-state index in [1.807, 2.05) is 54.0 Å². The Morgan fingerprint density at radius 3 is 2.52 bits per heavy atom. The number of nitrogens with zero attached hydrogens (tertiary/aromatic N) is 5. The number of anilines is 1. The summed E-state index contributed by atoms with van der Waals surface area (Å²) >= 11 is 0. The fraction of sp³-hybridized carbons (Fsp3) is 0.478. The minimum atomic E-state index is -0.554. The van der Waals surface area contributed by atoms with Crippen molar-refractivity contribution in [2.24, 2.45) is 0 Å². The average molecular weight is 422 g/mol. The molecule has 0 bridgehead atoms. The molecule has 0 N–H and O–H groups in total. The summed E-state index contributed by atoms with van der Waals surface area (Å²) in [6.07, 6.45) is 2.96. The van der Waals surface area contributed by atoms with Crippen molar-refractivity contribution in [2.75, 3.05) is 37.6 Å². The summed E-state index contributed by atoms with van der Waals surface area (Å²) < 4.78 is 5.98. The smallest absolute Gasteiger partial charge is 0.410 e. The number of hydrogen-bond donors (Lipinski definition) is 0. The first-order valence-electron chi connectivity index (χ1n) is 10.9. The van der Waals surface area contributed by atoms with Crippen molar-refractivity contribution < 1.29 is 14.3 Å². The number of carbonyl (C=O) groups excluding carboxylic acids is 2. The third-order valence-electron chi connectivity index (χ3n) is 6.79. The summed E-state index contributed by atoms with van der Waals surface area (Å²) in [4.78, 5) is 40.3. The van der Waals surface area contributed by atoms with E-state index in [1.165, 1.54) is 0 Å². The molecule has 0 saturated carbocycles. The molecule has 31 heavy (non-hydrogen) atoms. The van der Waals surface area contributed by atoms with Gasteiger partial charge < -0.3 is 14.5 Å². The molecule has 1 aromatic heterocycles. The van der Waals surface area contributed by atoms with Gasteiger partial charge in [-0.1, -0.05) is 17.7 Å². The molecule has 5 rings (SSSR count). The minimum Gasteiger partial charge on any atom is -0.440 e. The molecule has 2 aromatic rings. The SMILES string of the molecule is Cc1ccc(C(=O)N2CCN3C(=O)OC4(CCN(c5ccnc(C)n5)CC4)C3C2)cc1. The Morgan fingerprint density at radius 1 is 1.06 bits per heavy atom. The zero-order valence-corrected chi connectivity index (χ0v) is 18.0. The van der Waals surface area contributed by atoms with Crippen molar-refractivity contribution >= 4 is 17.8 Å². The van der Waals surface area contributed by atoms with E-state index >= 15 is 0 Å². The van der Waals surface area contributed by atoms with E-state index in [-0.39, 0.29) is 18.0 Å². The van der Waals surface area contributed by atoms with Crippen LogP contribution < -0.4 is 4.90 Å². The lowest BCUT2D eigenvalue weighted by Crippen LogP contribution is -2.61. The molecular formula is C23H27N5O3. The second-order valence-electron chi connectivity index (χ2n) is 8.71. The molecule has 3 aliphatic heterocycles. The first-order valence-corrected chi connectivity index (χ1v) is 10.9. The Kier molecular flexibility index (Phi) is 4.79. The number of hydrogen-bond acceptors (Lipinski definition) is 6. The summed E-state index contributed by atoms with van der Waals surface area (Å²) in [6.45, 7) is 6.93. The molecule has 1 spiro atoms. The zero-order valence-electron chi connectivity index (χ0n) is 18.0. The highest BCUT2D eigenvalue weighted by molar-refractivity contribution is 5.94. The fourth-order valence-corrected chi connectivity index (χ4v) is 4.98. The van der Waals surface area contributed by atoms with Crippen LogP contribution in [0.25, 0.3) is 0 Å². The van der Waals surface area contributed by atoms with E-state index in [0.717, 1.165) is 43.1 Å². The molecule has 1 aromatic carbocycles. The summed E-state index contributed by atoms with van der Waals surface area (Å²) in [5, 5.41) is 0. The van der Waals surface area contributed by atoms with E-state index in [2.05, 4.69) is 14.9 Å². The van der Waals surface area contributed by atoms with Crippen molar-refractivity contribution in [3.63, 3.8) is 0 Å². The highest BCUT2D eigenvalue weighted by atomic mass is 16.6. The number of ether oxygens (including phenoxy) is 1. The molecule has 0 radical (unpaired) electrons. The molecule has 2 amide bonds. The number of rotatable bonds is 2. The number of aromatic nitrogens is 2. The monoisotopic (exact) mass is 421 g/mol. The maximum absolute atomic E-state index is 13.1. The van der Waals surface area contributed by atoms with Crippen LogP contribution in [0.1, 0.15) is 34.6 Å². The van der Waals surface area contributed by atoms with Crippen LogP contribution in [0.3, 0.4) is 0 Å². The number of amides is 2. The van der Waals surface area contributed by atoms with Crippen LogP contribution in [0, 0.1) is 13.8 Å². The van der Waals surface area contributed by atoms with Gasteiger partial charge in [-0.15, -0.1) is 0 Å². The van der Waals surface area contributed by atoms with E-state index in [0.29, 0.717) is 25.2 Å². The van der Waals surface area contributed by atoms with Crippen LogP contribution in [0.4, 0.5) is 10.6 Å². The van der Waals surface area contributed by atoms with Crippen LogP contribution in [0.2, 0.25) is 0 Å². The number of fused-ring (bicyclic) bond motifs is 2. The number of piperidine rings is 1. The van der Waals surface area contributed by atoms with Crippen LogP contribution in [-0.2, 0) is 4.74 Å². The van der Waals surface area contributed by atoms with Gasteiger partial charge in [0.2, 0.25) is 0 Å². The Labute approximate surface area is 181 Å². The lowest BCUT2D eigenvalue weighted by molar-refractivity contribution is -0.00320. The Bertz CT molecular complexity index is 1000. The largest absolute Gasteiger partial charge is 0.440 e. The molecule has 3 aliphatic rings. The molecule has 162 valence electrons. The van der Waals surface area contributed by atoms with Crippen molar-refractivity contribution in [1.82, 2.24) is 19.8 Å². The van der Waals surface area contributed by atoms with Gasteiger partial charge in [0.15, 0.2) is 0 Å². The molecular weight excluding hydrogens is 394 g/mol.